The monoisotopic (exact) mass is 302 g/mol. The number of nitrogens with zero attached hydrogens (tertiary/aromatic N) is 2. The van der Waals surface area contributed by atoms with Crippen LogP contribution in [0.4, 0.5) is 4.39 Å². The van der Waals surface area contributed by atoms with Crippen LogP contribution in [0, 0.1) is 5.82 Å². The highest BCUT2D eigenvalue weighted by Crippen LogP contribution is 2.31. The maximum Gasteiger partial charge on any atom is 0.281 e. The molecule has 0 aromatic heterocycles. The molecule has 1 fully saturated rings. The third kappa shape index (κ3) is 3.35. The summed E-state index contributed by atoms with van der Waals surface area (Å²) < 4.78 is 39.7. The molecule has 0 saturated heterocycles. The molecule has 0 spiro atoms. The van der Waals surface area contributed by atoms with Gasteiger partial charge < -0.3 is 5.11 Å². The maximum atomic E-state index is 12.9. The van der Waals surface area contributed by atoms with Gasteiger partial charge >= 0.3 is 0 Å². The number of hydrogen-bond acceptors (Lipinski definition) is 3. The normalized spacial score (nSPS) is 17.7. The summed E-state index contributed by atoms with van der Waals surface area (Å²) in [7, 11) is -0.620. The summed E-state index contributed by atoms with van der Waals surface area (Å²) in [5, 5.41) is 10.2. The fraction of sp³-hybridized carbons (Fsp3) is 0.538. The summed E-state index contributed by atoms with van der Waals surface area (Å²) in [5.74, 6) is -0.388. The highest BCUT2D eigenvalue weighted by Gasteiger charge is 2.39. The Balaban J connectivity index is 2.14. The van der Waals surface area contributed by atoms with Gasteiger partial charge in [0.2, 0.25) is 0 Å². The highest BCUT2D eigenvalue weighted by atomic mass is 32.2. The second-order valence-corrected chi connectivity index (χ2v) is 7.25. The molecular formula is C13H19FN2O3S. The van der Waals surface area contributed by atoms with Crippen LogP contribution in [0.2, 0.25) is 0 Å². The van der Waals surface area contributed by atoms with Crippen LogP contribution in [0.5, 0.6) is 0 Å². The van der Waals surface area contributed by atoms with E-state index in [0.29, 0.717) is 5.56 Å². The van der Waals surface area contributed by atoms with Crippen molar-refractivity contribution in [3.05, 3.63) is 35.6 Å². The van der Waals surface area contributed by atoms with E-state index in [9.17, 15) is 17.9 Å². The van der Waals surface area contributed by atoms with E-state index in [-0.39, 0.29) is 18.4 Å². The van der Waals surface area contributed by atoms with Crippen LogP contribution in [0.1, 0.15) is 24.5 Å². The molecule has 0 amide bonds. The standard InChI is InChI=1S/C13H19FN2O3S/c1-15(2)20(18,19)16(12-7-8-12)9-13(17)10-3-5-11(14)6-4-10/h3-6,12-13,17H,7-9H2,1-2H3/t13-/m1/s1. The van der Waals surface area contributed by atoms with Crippen LogP contribution in [0.3, 0.4) is 0 Å². The zero-order valence-corrected chi connectivity index (χ0v) is 12.3. The Morgan fingerprint density at radius 1 is 1.30 bits per heavy atom. The minimum absolute atomic E-state index is 0.0171. The van der Waals surface area contributed by atoms with Crippen LogP contribution in [0.25, 0.3) is 0 Å². The summed E-state index contributed by atoms with van der Waals surface area (Å²) >= 11 is 0. The molecule has 20 heavy (non-hydrogen) atoms. The third-order valence-corrected chi connectivity index (χ3v) is 5.28. The topological polar surface area (TPSA) is 60.9 Å². The molecule has 1 aliphatic rings. The molecule has 1 atom stereocenters. The van der Waals surface area contributed by atoms with Crippen LogP contribution < -0.4 is 0 Å². The fourth-order valence-electron chi connectivity index (χ4n) is 1.96. The zero-order chi connectivity index (χ0) is 14.9. The number of benzene rings is 1. The molecule has 2 rings (SSSR count). The molecular weight excluding hydrogens is 283 g/mol. The Labute approximate surface area is 118 Å². The number of halogens is 1. The minimum Gasteiger partial charge on any atom is -0.387 e. The van der Waals surface area contributed by atoms with Gasteiger partial charge in [-0.05, 0) is 30.5 Å². The molecule has 0 heterocycles. The van der Waals surface area contributed by atoms with E-state index in [1.165, 1.54) is 42.7 Å². The summed E-state index contributed by atoms with van der Waals surface area (Å²) in [6.45, 7) is -0.0171. The van der Waals surface area contributed by atoms with Crippen molar-refractivity contribution in [2.24, 2.45) is 0 Å². The predicted octanol–water partition coefficient (Wildman–Crippen LogP) is 1.13. The predicted molar refractivity (Wildman–Crippen MR) is 73.7 cm³/mol. The van der Waals surface area contributed by atoms with Gasteiger partial charge in [-0.15, -0.1) is 0 Å². The second-order valence-electron chi connectivity index (χ2n) is 5.16. The lowest BCUT2D eigenvalue weighted by atomic mass is 10.1. The van der Waals surface area contributed by atoms with Crippen molar-refractivity contribution in [1.82, 2.24) is 8.61 Å². The summed E-state index contributed by atoms with van der Waals surface area (Å²) in [5.41, 5.74) is 0.506. The van der Waals surface area contributed by atoms with E-state index in [0.717, 1.165) is 17.1 Å². The Bertz CT molecular complexity index is 555. The van der Waals surface area contributed by atoms with Crippen molar-refractivity contribution in [3.8, 4) is 0 Å². The largest absolute Gasteiger partial charge is 0.387 e. The summed E-state index contributed by atoms with van der Waals surface area (Å²) in [6, 6.07) is 5.39. The summed E-state index contributed by atoms with van der Waals surface area (Å²) in [4.78, 5) is 0. The average Bonchev–Trinajstić information content (AvgIpc) is 3.20. The lowest BCUT2D eigenvalue weighted by molar-refractivity contribution is 0.143. The van der Waals surface area contributed by atoms with Crippen molar-refractivity contribution in [2.45, 2.75) is 25.0 Å². The van der Waals surface area contributed by atoms with Gasteiger partial charge in [-0.3, -0.25) is 0 Å². The van der Waals surface area contributed by atoms with Crippen molar-refractivity contribution in [3.63, 3.8) is 0 Å². The maximum absolute atomic E-state index is 12.9. The quantitative estimate of drug-likeness (QED) is 0.857. The Morgan fingerprint density at radius 3 is 2.30 bits per heavy atom. The first kappa shape index (κ1) is 15.4. The Morgan fingerprint density at radius 2 is 1.85 bits per heavy atom. The van der Waals surface area contributed by atoms with Crippen LogP contribution in [-0.2, 0) is 10.2 Å². The van der Waals surface area contributed by atoms with Gasteiger partial charge in [-0.2, -0.15) is 17.0 Å². The molecule has 1 saturated carbocycles. The second kappa shape index (κ2) is 5.77. The smallest absolute Gasteiger partial charge is 0.281 e. The molecule has 1 aromatic carbocycles. The molecule has 1 aromatic rings. The molecule has 0 radical (unpaired) electrons. The Kier molecular flexibility index (Phi) is 4.43. The molecule has 1 N–H and O–H groups in total. The molecule has 7 heteroatoms. The van der Waals surface area contributed by atoms with Crippen molar-refractivity contribution in [1.29, 1.82) is 0 Å². The fourth-order valence-corrected chi connectivity index (χ4v) is 3.30. The SMILES string of the molecule is CN(C)S(=O)(=O)N(C[C@@H](O)c1ccc(F)cc1)C1CC1. The van der Waals surface area contributed by atoms with Gasteiger partial charge in [0.05, 0.1) is 6.10 Å². The van der Waals surface area contributed by atoms with Gasteiger partial charge in [0.15, 0.2) is 0 Å². The molecule has 0 bridgehead atoms. The van der Waals surface area contributed by atoms with Crippen molar-refractivity contribution < 1.29 is 17.9 Å². The average molecular weight is 302 g/mol. The first-order valence-electron chi connectivity index (χ1n) is 6.45. The van der Waals surface area contributed by atoms with Gasteiger partial charge in [0, 0.05) is 26.7 Å². The number of hydrogen-bond donors (Lipinski definition) is 1. The Hall–Kier alpha value is -1.02. The van der Waals surface area contributed by atoms with Crippen LogP contribution in [-0.4, -0.2) is 48.8 Å². The van der Waals surface area contributed by atoms with Gasteiger partial charge in [-0.1, -0.05) is 12.1 Å². The van der Waals surface area contributed by atoms with Crippen LogP contribution in [0.15, 0.2) is 24.3 Å². The first-order valence-corrected chi connectivity index (χ1v) is 7.85. The summed E-state index contributed by atoms with van der Waals surface area (Å²) in [6.07, 6.45) is 0.651. The molecule has 0 aliphatic heterocycles. The number of aliphatic hydroxyl groups is 1. The lowest BCUT2D eigenvalue weighted by Gasteiger charge is -2.27. The van der Waals surface area contributed by atoms with Gasteiger partial charge in [0.1, 0.15) is 5.82 Å². The van der Waals surface area contributed by atoms with Crippen molar-refractivity contribution in [2.75, 3.05) is 20.6 Å². The molecule has 0 unspecified atom stereocenters. The number of rotatable bonds is 6. The van der Waals surface area contributed by atoms with Crippen LogP contribution >= 0.6 is 0 Å². The van der Waals surface area contributed by atoms with E-state index in [1.54, 1.807) is 0 Å². The lowest BCUT2D eigenvalue weighted by Crippen LogP contribution is -2.43. The van der Waals surface area contributed by atoms with E-state index in [1.807, 2.05) is 0 Å². The highest BCUT2D eigenvalue weighted by molar-refractivity contribution is 7.86. The van der Waals surface area contributed by atoms with Gasteiger partial charge in [0.25, 0.3) is 10.2 Å². The third-order valence-electron chi connectivity index (χ3n) is 3.32. The van der Waals surface area contributed by atoms with Gasteiger partial charge in [-0.25, -0.2) is 4.39 Å². The zero-order valence-electron chi connectivity index (χ0n) is 11.5. The first-order chi connectivity index (χ1) is 9.32. The van der Waals surface area contributed by atoms with E-state index in [4.69, 9.17) is 0 Å². The minimum atomic E-state index is -3.55. The van der Waals surface area contributed by atoms with E-state index >= 15 is 0 Å². The molecule has 112 valence electrons. The number of aliphatic hydroxyl groups excluding tert-OH is 1. The molecule has 5 nitrogen and oxygen atoms in total. The van der Waals surface area contributed by atoms with E-state index in [2.05, 4.69) is 0 Å². The van der Waals surface area contributed by atoms with Crippen molar-refractivity contribution >= 4 is 10.2 Å². The van der Waals surface area contributed by atoms with E-state index < -0.39 is 16.3 Å². The molecule has 1 aliphatic carbocycles.